The Hall–Kier alpha value is -3.19. The van der Waals surface area contributed by atoms with Crippen molar-refractivity contribution < 1.29 is 0 Å². The van der Waals surface area contributed by atoms with Crippen LogP contribution in [0.25, 0.3) is 33.5 Å². The molecule has 0 saturated heterocycles. The van der Waals surface area contributed by atoms with Gasteiger partial charge >= 0.3 is 0 Å². The first-order valence-corrected chi connectivity index (χ1v) is 8.91. The number of benzene rings is 3. The van der Waals surface area contributed by atoms with Gasteiger partial charge in [-0.3, -0.25) is 4.98 Å². The highest BCUT2D eigenvalue weighted by atomic mass is 14.7. The Bertz CT molecular complexity index is 1050. The number of hydrogen-bond acceptors (Lipinski definition) is 1. The molecule has 0 radical (unpaired) electrons. The lowest BCUT2D eigenvalue weighted by molar-refractivity contribution is 1.26. The third-order valence-electron chi connectivity index (χ3n) is 4.80. The van der Waals surface area contributed by atoms with Gasteiger partial charge in [-0.15, -0.1) is 0 Å². The zero-order chi connectivity index (χ0) is 17.9. The molecule has 1 aromatic heterocycles. The van der Waals surface area contributed by atoms with Crippen molar-refractivity contribution >= 4 is 0 Å². The first-order chi connectivity index (χ1) is 12.7. The number of aromatic nitrogens is 1. The first-order valence-electron chi connectivity index (χ1n) is 8.91. The maximum Gasteiger partial charge on any atom is 0.0708 e. The van der Waals surface area contributed by atoms with Crippen LogP contribution in [0.2, 0.25) is 0 Å². The van der Waals surface area contributed by atoms with Gasteiger partial charge in [-0.2, -0.15) is 0 Å². The highest BCUT2D eigenvalue weighted by Gasteiger charge is 2.09. The monoisotopic (exact) mass is 335 g/mol. The van der Waals surface area contributed by atoms with E-state index in [0.717, 1.165) is 11.3 Å². The van der Waals surface area contributed by atoms with Crippen molar-refractivity contribution in [2.24, 2.45) is 0 Å². The Morgan fingerprint density at radius 1 is 0.538 bits per heavy atom. The van der Waals surface area contributed by atoms with E-state index >= 15 is 0 Å². The van der Waals surface area contributed by atoms with Crippen molar-refractivity contribution in [3.8, 4) is 33.5 Å². The van der Waals surface area contributed by atoms with Crippen molar-refractivity contribution in [2.45, 2.75) is 13.8 Å². The molecule has 0 N–H and O–H groups in total. The van der Waals surface area contributed by atoms with E-state index in [1.807, 2.05) is 12.3 Å². The van der Waals surface area contributed by atoms with Crippen molar-refractivity contribution in [3.63, 3.8) is 0 Å². The van der Waals surface area contributed by atoms with Gasteiger partial charge in [0.2, 0.25) is 0 Å². The molecular weight excluding hydrogens is 314 g/mol. The van der Waals surface area contributed by atoms with Gasteiger partial charge in [0.25, 0.3) is 0 Å². The van der Waals surface area contributed by atoms with Gasteiger partial charge in [-0.25, -0.2) is 0 Å². The number of rotatable bonds is 3. The quantitative estimate of drug-likeness (QED) is 0.406. The summed E-state index contributed by atoms with van der Waals surface area (Å²) in [5.41, 5.74) is 9.58. The van der Waals surface area contributed by atoms with Crippen LogP contribution in [0.5, 0.6) is 0 Å². The molecule has 1 nitrogen and oxygen atoms in total. The van der Waals surface area contributed by atoms with Gasteiger partial charge in [0.15, 0.2) is 0 Å². The van der Waals surface area contributed by atoms with Crippen LogP contribution in [-0.4, -0.2) is 4.98 Å². The van der Waals surface area contributed by atoms with Crippen LogP contribution in [-0.2, 0) is 0 Å². The molecule has 0 atom stereocenters. The minimum Gasteiger partial charge on any atom is -0.256 e. The molecule has 1 heteroatoms. The summed E-state index contributed by atoms with van der Waals surface area (Å²) < 4.78 is 0. The smallest absolute Gasteiger partial charge is 0.0708 e. The topological polar surface area (TPSA) is 12.9 Å². The Labute approximate surface area is 155 Å². The molecule has 0 bridgehead atoms. The second-order valence-corrected chi connectivity index (χ2v) is 6.65. The molecule has 0 spiro atoms. The highest BCUT2D eigenvalue weighted by molar-refractivity contribution is 5.77. The van der Waals surface area contributed by atoms with E-state index in [9.17, 15) is 0 Å². The standard InChI is InChI=1S/C25H21N/c1-18-9-6-7-14-23(18)24-16-25(26-17-19(24)2)22-13-8-12-21(15-22)20-10-4-3-5-11-20/h3-17H,1-2H3. The zero-order valence-corrected chi connectivity index (χ0v) is 15.1. The normalized spacial score (nSPS) is 10.7. The molecule has 0 aliphatic rings. The van der Waals surface area contributed by atoms with Crippen LogP contribution in [0, 0.1) is 13.8 Å². The Kier molecular flexibility index (Phi) is 4.37. The summed E-state index contributed by atoms with van der Waals surface area (Å²) in [6, 6.07) is 29.8. The summed E-state index contributed by atoms with van der Waals surface area (Å²) in [4.78, 5) is 4.70. The average Bonchev–Trinajstić information content (AvgIpc) is 2.70. The van der Waals surface area contributed by atoms with E-state index in [4.69, 9.17) is 4.98 Å². The Morgan fingerprint density at radius 2 is 1.23 bits per heavy atom. The number of aryl methyl sites for hydroxylation is 2. The van der Waals surface area contributed by atoms with E-state index in [-0.39, 0.29) is 0 Å². The van der Waals surface area contributed by atoms with E-state index in [0.29, 0.717) is 0 Å². The van der Waals surface area contributed by atoms with E-state index in [1.165, 1.54) is 33.4 Å². The second kappa shape index (κ2) is 6.97. The second-order valence-electron chi connectivity index (χ2n) is 6.65. The molecule has 0 aliphatic heterocycles. The van der Waals surface area contributed by atoms with Crippen molar-refractivity contribution in [1.29, 1.82) is 0 Å². The van der Waals surface area contributed by atoms with Gasteiger partial charge in [-0.1, -0.05) is 72.8 Å². The summed E-state index contributed by atoms with van der Waals surface area (Å²) in [6.07, 6.45) is 1.98. The maximum absolute atomic E-state index is 4.70. The SMILES string of the molecule is Cc1ccccc1-c1cc(-c2cccc(-c3ccccc3)c2)ncc1C. The minimum absolute atomic E-state index is 1.01. The van der Waals surface area contributed by atoms with Crippen molar-refractivity contribution in [1.82, 2.24) is 4.98 Å². The predicted octanol–water partition coefficient (Wildman–Crippen LogP) is 6.70. The summed E-state index contributed by atoms with van der Waals surface area (Å²) >= 11 is 0. The van der Waals surface area contributed by atoms with E-state index in [2.05, 4.69) is 92.7 Å². The van der Waals surface area contributed by atoms with E-state index in [1.54, 1.807) is 0 Å². The van der Waals surface area contributed by atoms with Gasteiger partial charge in [0.05, 0.1) is 5.69 Å². The largest absolute Gasteiger partial charge is 0.256 e. The third-order valence-corrected chi connectivity index (χ3v) is 4.80. The third kappa shape index (κ3) is 3.16. The predicted molar refractivity (Wildman–Crippen MR) is 110 cm³/mol. The number of nitrogens with zero attached hydrogens (tertiary/aromatic N) is 1. The lowest BCUT2D eigenvalue weighted by Crippen LogP contribution is -1.91. The molecule has 0 amide bonds. The molecule has 4 rings (SSSR count). The molecule has 3 aromatic carbocycles. The summed E-state index contributed by atoms with van der Waals surface area (Å²) in [5.74, 6) is 0. The van der Waals surface area contributed by atoms with Crippen LogP contribution >= 0.6 is 0 Å². The number of pyridine rings is 1. The van der Waals surface area contributed by atoms with Gasteiger partial charge in [0.1, 0.15) is 0 Å². The molecule has 1 heterocycles. The van der Waals surface area contributed by atoms with Crippen molar-refractivity contribution in [3.05, 3.63) is 102 Å². The summed E-state index contributed by atoms with van der Waals surface area (Å²) in [7, 11) is 0. The van der Waals surface area contributed by atoms with E-state index < -0.39 is 0 Å². The molecule has 0 unspecified atom stereocenters. The maximum atomic E-state index is 4.70. The van der Waals surface area contributed by atoms with Crippen LogP contribution in [0.4, 0.5) is 0 Å². The van der Waals surface area contributed by atoms with Gasteiger partial charge < -0.3 is 0 Å². The van der Waals surface area contributed by atoms with Crippen LogP contribution < -0.4 is 0 Å². The summed E-state index contributed by atoms with van der Waals surface area (Å²) in [6.45, 7) is 4.28. The van der Waals surface area contributed by atoms with Crippen molar-refractivity contribution in [2.75, 3.05) is 0 Å². The first kappa shape index (κ1) is 16.3. The molecule has 126 valence electrons. The molecular formula is C25H21N. The van der Waals surface area contributed by atoms with Gasteiger partial charge in [-0.05, 0) is 59.4 Å². The molecule has 0 fully saturated rings. The van der Waals surface area contributed by atoms with Gasteiger partial charge in [0, 0.05) is 11.8 Å². The molecule has 0 aliphatic carbocycles. The molecule has 26 heavy (non-hydrogen) atoms. The molecule has 4 aromatic rings. The van der Waals surface area contributed by atoms with Crippen LogP contribution in [0.3, 0.4) is 0 Å². The Morgan fingerprint density at radius 3 is 2.04 bits per heavy atom. The average molecular weight is 335 g/mol. The fraction of sp³-hybridized carbons (Fsp3) is 0.0800. The zero-order valence-electron chi connectivity index (χ0n) is 15.1. The lowest BCUT2D eigenvalue weighted by Gasteiger charge is -2.12. The highest BCUT2D eigenvalue weighted by Crippen LogP contribution is 2.31. The number of hydrogen-bond donors (Lipinski definition) is 0. The van der Waals surface area contributed by atoms with Crippen LogP contribution in [0.1, 0.15) is 11.1 Å². The minimum atomic E-state index is 1.01. The van der Waals surface area contributed by atoms with Crippen LogP contribution in [0.15, 0.2) is 91.1 Å². The summed E-state index contributed by atoms with van der Waals surface area (Å²) in [5, 5.41) is 0. The fourth-order valence-corrected chi connectivity index (χ4v) is 3.34. The molecule has 0 saturated carbocycles. The Balaban J connectivity index is 1.80. The fourth-order valence-electron chi connectivity index (χ4n) is 3.34. The lowest BCUT2D eigenvalue weighted by atomic mass is 9.95.